The van der Waals surface area contributed by atoms with Gasteiger partial charge in [-0.25, -0.2) is 9.97 Å². The Kier molecular flexibility index (Phi) is 8.80. The summed E-state index contributed by atoms with van der Waals surface area (Å²) in [5.74, 6) is -0.514. The monoisotopic (exact) mass is 566 g/mol. The Morgan fingerprint density at radius 3 is 2.56 bits per heavy atom. The van der Waals surface area contributed by atoms with E-state index < -0.39 is 26.3 Å². The summed E-state index contributed by atoms with van der Waals surface area (Å²) in [5, 5.41) is 10.4. The SMILES string of the molecule is CCC(Cc1cccc(C(O[Si](C)(C)C(C)(C)C)c2ccc3c(c2)N(COC)c2nccnc2S3)n1)C(=O)O. The molecule has 1 N–H and O–H groups in total. The molecule has 0 radical (unpaired) electrons. The van der Waals surface area contributed by atoms with Crippen molar-refractivity contribution < 1.29 is 19.1 Å². The number of hydrogen-bond donors (Lipinski definition) is 1. The molecule has 0 spiro atoms. The van der Waals surface area contributed by atoms with Crippen LogP contribution in [0.15, 0.2) is 58.7 Å². The number of carboxylic acids is 1. The normalized spacial score (nSPS) is 14.9. The summed E-state index contributed by atoms with van der Waals surface area (Å²) >= 11 is 1.59. The highest BCUT2D eigenvalue weighted by atomic mass is 32.2. The summed E-state index contributed by atoms with van der Waals surface area (Å²) in [5.41, 5.74) is 3.48. The molecule has 0 amide bonds. The van der Waals surface area contributed by atoms with E-state index in [-0.39, 0.29) is 5.04 Å². The number of carboxylic acid groups (broad SMARTS) is 1. The van der Waals surface area contributed by atoms with Crippen molar-refractivity contribution in [2.75, 3.05) is 18.7 Å². The highest BCUT2D eigenvalue weighted by Gasteiger charge is 2.40. The highest BCUT2D eigenvalue weighted by Crippen LogP contribution is 2.48. The molecular formula is C29H38N4O4SSi. The van der Waals surface area contributed by atoms with Crippen LogP contribution < -0.4 is 4.90 Å². The second-order valence-electron chi connectivity index (χ2n) is 11.3. The summed E-state index contributed by atoms with van der Waals surface area (Å²) in [7, 11) is -0.566. The largest absolute Gasteiger partial charge is 0.481 e. The van der Waals surface area contributed by atoms with Gasteiger partial charge >= 0.3 is 5.97 Å². The van der Waals surface area contributed by atoms with Crippen LogP contribution in [0.2, 0.25) is 18.1 Å². The Morgan fingerprint density at radius 1 is 1.15 bits per heavy atom. The molecule has 10 heteroatoms. The second-order valence-corrected chi connectivity index (χ2v) is 17.1. The molecule has 1 aromatic carbocycles. The number of hydrogen-bond acceptors (Lipinski definition) is 8. The molecule has 8 nitrogen and oxygen atoms in total. The van der Waals surface area contributed by atoms with Crippen LogP contribution in [-0.4, -0.2) is 48.2 Å². The number of benzene rings is 1. The molecule has 0 bridgehead atoms. The molecule has 1 aliphatic heterocycles. The number of anilines is 2. The van der Waals surface area contributed by atoms with Crippen molar-refractivity contribution in [2.45, 2.75) is 74.7 Å². The molecule has 1 aliphatic rings. The van der Waals surface area contributed by atoms with Crippen LogP contribution in [0, 0.1) is 5.92 Å². The zero-order chi connectivity index (χ0) is 28.4. The van der Waals surface area contributed by atoms with E-state index >= 15 is 0 Å². The molecule has 2 unspecified atom stereocenters. The minimum Gasteiger partial charge on any atom is -0.481 e. The third kappa shape index (κ3) is 6.35. The van der Waals surface area contributed by atoms with Crippen molar-refractivity contribution >= 4 is 37.6 Å². The second kappa shape index (κ2) is 11.8. The van der Waals surface area contributed by atoms with E-state index in [1.54, 1.807) is 31.3 Å². The molecule has 3 aromatic rings. The zero-order valence-electron chi connectivity index (χ0n) is 23.8. The van der Waals surface area contributed by atoms with Crippen molar-refractivity contribution in [1.29, 1.82) is 0 Å². The van der Waals surface area contributed by atoms with Crippen LogP contribution >= 0.6 is 11.8 Å². The average Bonchev–Trinajstić information content (AvgIpc) is 2.89. The van der Waals surface area contributed by atoms with Crippen molar-refractivity contribution in [2.24, 2.45) is 5.92 Å². The van der Waals surface area contributed by atoms with Gasteiger partial charge in [0, 0.05) is 36.5 Å². The lowest BCUT2D eigenvalue weighted by Gasteiger charge is -2.39. The summed E-state index contributed by atoms with van der Waals surface area (Å²) in [4.78, 5) is 28.9. The Hall–Kier alpha value is -2.79. The van der Waals surface area contributed by atoms with E-state index in [0.717, 1.165) is 38.4 Å². The number of ether oxygens (including phenoxy) is 1. The third-order valence-electron chi connectivity index (χ3n) is 7.56. The van der Waals surface area contributed by atoms with E-state index in [9.17, 15) is 9.90 Å². The van der Waals surface area contributed by atoms with E-state index in [1.165, 1.54) is 0 Å². The zero-order valence-corrected chi connectivity index (χ0v) is 25.6. The van der Waals surface area contributed by atoms with Crippen molar-refractivity contribution in [3.8, 4) is 0 Å². The molecule has 0 saturated heterocycles. The van der Waals surface area contributed by atoms with Gasteiger partial charge in [0.15, 0.2) is 14.1 Å². The number of aromatic nitrogens is 3. The van der Waals surface area contributed by atoms with Gasteiger partial charge in [0.2, 0.25) is 0 Å². The molecule has 4 rings (SSSR count). The van der Waals surface area contributed by atoms with Gasteiger partial charge in [0.05, 0.1) is 17.3 Å². The molecular weight excluding hydrogens is 528 g/mol. The van der Waals surface area contributed by atoms with Crippen molar-refractivity contribution in [3.05, 3.63) is 65.7 Å². The van der Waals surface area contributed by atoms with E-state index in [2.05, 4.69) is 62.0 Å². The van der Waals surface area contributed by atoms with Crippen LogP contribution in [0.3, 0.4) is 0 Å². The summed E-state index contributed by atoms with van der Waals surface area (Å²) in [6, 6.07) is 12.2. The third-order valence-corrected chi connectivity index (χ3v) is 13.0. The Balaban J connectivity index is 1.80. The van der Waals surface area contributed by atoms with Crippen LogP contribution in [0.4, 0.5) is 11.5 Å². The predicted molar refractivity (Wildman–Crippen MR) is 156 cm³/mol. The number of aliphatic carboxylic acids is 1. The molecule has 208 valence electrons. The van der Waals surface area contributed by atoms with Gasteiger partial charge in [-0.1, -0.05) is 51.6 Å². The Bertz CT molecular complexity index is 1330. The average molecular weight is 567 g/mol. The van der Waals surface area contributed by atoms with E-state index in [4.69, 9.17) is 14.1 Å². The highest BCUT2D eigenvalue weighted by molar-refractivity contribution is 7.99. The lowest BCUT2D eigenvalue weighted by Crippen LogP contribution is -2.42. The summed E-state index contributed by atoms with van der Waals surface area (Å²) < 4.78 is 12.6. The van der Waals surface area contributed by atoms with Crippen LogP contribution in [0.1, 0.15) is 57.2 Å². The first kappa shape index (κ1) is 29.2. The predicted octanol–water partition coefficient (Wildman–Crippen LogP) is 6.84. The topological polar surface area (TPSA) is 97.7 Å². The van der Waals surface area contributed by atoms with Gasteiger partial charge in [-0.2, -0.15) is 0 Å². The van der Waals surface area contributed by atoms with Gasteiger partial charge in [-0.3, -0.25) is 14.7 Å². The first-order valence-corrected chi connectivity index (χ1v) is 16.9. The van der Waals surface area contributed by atoms with Gasteiger partial charge in [-0.05, 0) is 54.4 Å². The molecule has 39 heavy (non-hydrogen) atoms. The van der Waals surface area contributed by atoms with Crippen LogP contribution in [0.25, 0.3) is 0 Å². The summed E-state index contributed by atoms with van der Waals surface area (Å²) in [6.45, 7) is 13.4. The number of nitrogens with zero attached hydrogens (tertiary/aromatic N) is 4. The number of rotatable bonds is 10. The fourth-order valence-corrected chi connectivity index (χ4v) is 6.42. The Morgan fingerprint density at radius 2 is 1.90 bits per heavy atom. The maximum atomic E-state index is 11.7. The molecule has 0 aliphatic carbocycles. The van der Waals surface area contributed by atoms with Crippen molar-refractivity contribution in [1.82, 2.24) is 15.0 Å². The number of carbonyl (C=O) groups is 1. The Labute approximate surface area is 236 Å². The minimum atomic E-state index is -2.23. The molecule has 3 heterocycles. The minimum absolute atomic E-state index is 0.0137. The standard InChI is InChI=1S/C29H38N4O4SSi/c1-8-19(28(34)35)16-21-10-9-11-22(32-21)25(37-39(6,7)29(2,3)4)20-12-13-24-23(17-20)33(18-36-5)26-27(38-24)31-15-14-30-26/h9-15,17,19,25H,8,16,18H2,1-7H3,(H,34,35). The number of fused-ring (bicyclic) bond motifs is 2. The van der Waals surface area contributed by atoms with Gasteiger partial charge in [0.1, 0.15) is 17.9 Å². The van der Waals surface area contributed by atoms with Crippen LogP contribution in [-0.2, 0) is 20.4 Å². The fourth-order valence-electron chi connectivity index (χ4n) is 4.23. The van der Waals surface area contributed by atoms with E-state index in [0.29, 0.717) is 19.6 Å². The first-order valence-electron chi connectivity index (χ1n) is 13.2. The van der Waals surface area contributed by atoms with E-state index in [1.807, 2.05) is 30.0 Å². The quantitative estimate of drug-likeness (QED) is 0.264. The summed E-state index contributed by atoms with van der Waals surface area (Å²) in [6.07, 6.45) is 3.90. The molecule has 2 atom stereocenters. The first-order chi connectivity index (χ1) is 18.4. The molecule has 2 aromatic heterocycles. The molecule has 0 fully saturated rings. The van der Waals surface area contributed by atoms with Gasteiger partial charge in [-0.15, -0.1) is 0 Å². The maximum absolute atomic E-state index is 11.7. The smallest absolute Gasteiger partial charge is 0.306 e. The lowest BCUT2D eigenvalue weighted by molar-refractivity contribution is -0.141. The molecule has 0 saturated carbocycles. The van der Waals surface area contributed by atoms with Gasteiger partial charge in [0.25, 0.3) is 0 Å². The number of pyridine rings is 1. The fraction of sp³-hybridized carbons (Fsp3) is 0.448. The van der Waals surface area contributed by atoms with Crippen LogP contribution in [0.5, 0.6) is 0 Å². The van der Waals surface area contributed by atoms with Gasteiger partial charge < -0.3 is 14.3 Å². The van der Waals surface area contributed by atoms with Crippen molar-refractivity contribution in [3.63, 3.8) is 0 Å². The lowest BCUT2D eigenvalue weighted by atomic mass is 9.99. The number of methoxy groups -OCH3 is 1. The maximum Gasteiger partial charge on any atom is 0.306 e.